The van der Waals surface area contributed by atoms with Crippen molar-refractivity contribution in [2.45, 2.75) is 33.2 Å². The lowest BCUT2D eigenvalue weighted by Gasteiger charge is -2.27. The van der Waals surface area contributed by atoms with Gasteiger partial charge >= 0.3 is 0 Å². The van der Waals surface area contributed by atoms with Crippen molar-refractivity contribution < 1.29 is 4.79 Å². The number of carbonyl (C=O) groups excluding carboxylic acids is 1. The molecule has 0 aliphatic heterocycles. The normalized spacial score (nSPS) is 12.3. The van der Waals surface area contributed by atoms with Crippen molar-refractivity contribution in [1.82, 2.24) is 0 Å². The summed E-state index contributed by atoms with van der Waals surface area (Å²) in [4.78, 5) is 13.5. The van der Waals surface area contributed by atoms with Crippen LogP contribution in [-0.4, -0.2) is 18.9 Å². The Hall–Kier alpha value is -0.830. The Morgan fingerprint density at radius 1 is 1.50 bits per heavy atom. The van der Waals surface area contributed by atoms with Crippen LogP contribution >= 0.6 is 15.9 Å². The molecule has 16 heavy (non-hydrogen) atoms. The van der Waals surface area contributed by atoms with Crippen molar-refractivity contribution in [3.63, 3.8) is 0 Å². The number of carbonyl (C=O) groups is 1. The van der Waals surface area contributed by atoms with E-state index in [1.807, 2.05) is 18.2 Å². The van der Waals surface area contributed by atoms with Gasteiger partial charge in [0, 0.05) is 23.1 Å². The number of hydrogen-bond donors (Lipinski definition) is 0. The molecular formula is C13H18BrNO. The highest BCUT2D eigenvalue weighted by Crippen LogP contribution is 2.28. The van der Waals surface area contributed by atoms with Crippen molar-refractivity contribution in [1.29, 1.82) is 0 Å². The SMILES string of the molecule is CCC(C)N(C)c1ccc(C(C)=O)cc1Br. The van der Waals surface area contributed by atoms with Gasteiger partial charge in [0.15, 0.2) is 5.78 Å². The minimum absolute atomic E-state index is 0.0958. The predicted molar refractivity (Wildman–Crippen MR) is 72.3 cm³/mol. The number of rotatable bonds is 4. The minimum atomic E-state index is 0.0958. The molecule has 0 spiro atoms. The van der Waals surface area contributed by atoms with Gasteiger partial charge in [-0.2, -0.15) is 0 Å². The summed E-state index contributed by atoms with van der Waals surface area (Å²) in [6, 6.07) is 6.24. The van der Waals surface area contributed by atoms with E-state index in [4.69, 9.17) is 0 Å². The summed E-state index contributed by atoms with van der Waals surface area (Å²) < 4.78 is 0.975. The highest BCUT2D eigenvalue weighted by atomic mass is 79.9. The lowest BCUT2D eigenvalue weighted by molar-refractivity contribution is 0.101. The molecule has 0 saturated heterocycles. The molecule has 1 aromatic rings. The van der Waals surface area contributed by atoms with Crippen molar-refractivity contribution in [2.24, 2.45) is 0 Å². The van der Waals surface area contributed by atoms with E-state index >= 15 is 0 Å². The van der Waals surface area contributed by atoms with Gasteiger partial charge in [0.1, 0.15) is 0 Å². The van der Waals surface area contributed by atoms with E-state index < -0.39 is 0 Å². The quantitative estimate of drug-likeness (QED) is 0.782. The van der Waals surface area contributed by atoms with Crippen LogP contribution in [0.4, 0.5) is 5.69 Å². The second-order valence-electron chi connectivity index (χ2n) is 4.09. The Morgan fingerprint density at radius 2 is 2.12 bits per heavy atom. The van der Waals surface area contributed by atoms with Gasteiger partial charge in [0.2, 0.25) is 0 Å². The van der Waals surface area contributed by atoms with Crippen LogP contribution < -0.4 is 4.90 Å². The largest absolute Gasteiger partial charge is 0.371 e. The minimum Gasteiger partial charge on any atom is -0.371 e. The molecule has 0 aliphatic rings. The number of ketones is 1. The Kier molecular flexibility index (Phi) is 4.54. The van der Waals surface area contributed by atoms with Crippen molar-refractivity contribution in [3.05, 3.63) is 28.2 Å². The second kappa shape index (κ2) is 5.48. The molecule has 0 fully saturated rings. The molecule has 3 heteroatoms. The Labute approximate surface area is 106 Å². The Bertz CT molecular complexity index is 390. The zero-order chi connectivity index (χ0) is 12.3. The van der Waals surface area contributed by atoms with Crippen LogP contribution in [0.2, 0.25) is 0 Å². The summed E-state index contributed by atoms with van der Waals surface area (Å²) in [5.74, 6) is 0.0958. The molecule has 1 atom stereocenters. The van der Waals surface area contributed by atoms with E-state index in [-0.39, 0.29) is 5.78 Å². The molecule has 0 heterocycles. The number of Topliss-reactive ketones (excluding diaryl/α,β-unsaturated/α-hetero) is 1. The second-order valence-corrected chi connectivity index (χ2v) is 4.94. The summed E-state index contributed by atoms with van der Waals surface area (Å²) in [5, 5.41) is 0. The average molecular weight is 284 g/mol. The smallest absolute Gasteiger partial charge is 0.159 e. The van der Waals surface area contributed by atoms with Crippen LogP contribution in [-0.2, 0) is 0 Å². The number of halogens is 1. The maximum atomic E-state index is 11.2. The molecule has 88 valence electrons. The molecule has 0 bridgehead atoms. The van der Waals surface area contributed by atoms with Crippen LogP contribution in [0, 0.1) is 0 Å². The van der Waals surface area contributed by atoms with E-state index in [9.17, 15) is 4.79 Å². The van der Waals surface area contributed by atoms with Crippen LogP contribution in [0.3, 0.4) is 0 Å². The van der Waals surface area contributed by atoms with Crippen LogP contribution in [0.25, 0.3) is 0 Å². The summed E-state index contributed by atoms with van der Waals surface area (Å²) in [7, 11) is 2.07. The monoisotopic (exact) mass is 283 g/mol. The van der Waals surface area contributed by atoms with Gasteiger partial charge in [-0.05, 0) is 54.4 Å². The molecule has 0 aliphatic carbocycles. The molecule has 0 amide bonds. The van der Waals surface area contributed by atoms with Crippen molar-refractivity contribution in [3.8, 4) is 0 Å². The first-order valence-electron chi connectivity index (χ1n) is 5.50. The molecule has 0 radical (unpaired) electrons. The van der Waals surface area contributed by atoms with Gasteiger partial charge < -0.3 is 4.90 Å². The average Bonchev–Trinajstić information content (AvgIpc) is 2.26. The third-order valence-electron chi connectivity index (χ3n) is 2.99. The fourth-order valence-electron chi connectivity index (χ4n) is 1.52. The topological polar surface area (TPSA) is 20.3 Å². The standard InChI is InChI=1S/C13H18BrNO/c1-5-9(2)15(4)13-7-6-11(10(3)16)8-12(13)14/h6-9H,5H2,1-4H3. The lowest BCUT2D eigenvalue weighted by Crippen LogP contribution is -2.28. The Morgan fingerprint density at radius 3 is 2.56 bits per heavy atom. The predicted octanol–water partition coefficient (Wildman–Crippen LogP) is 3.89. The fraction of sp³-hybridized carbons (Fsp3) is 0.462. The number of hydrogen-bond acceptors (Lipinski definition) is 2. The maximum absolute atomic E-state index is 11.2. The van der Waals surface area contributed by atoms with Crippen LogP contribution in [0.15, 0.2) is 22.7 Å². The third kappa shape index (κ3) is 2.85. The molecule has 1 unspecified atom stereocenters. The number of nitrogens with zero attached hydrogens (tertiary/aromatic N) is 1. The van der Waals surface area contributed by atoms with Gasteiger partial charge in [0.25, 0.3) is 0 Å². The van der Waals surface area contributed by atoms with Gasteiger partial charge in [-0.15, -0.1) is 0 Å². The van der Waals surface area contributed by atoms with E-state index in [0.29, 0.717) is 6.04 Å². The maximum Gasteiger partial charge on any atom is 0.159 e. The van der Waals surface area contributed by atoms with Gasteiger partial charge in [0.05, 0.1) is 5.69 Å². The molecule has 2 nitrogen and oxygen atoms in total. The first kappa shape index (κ1) is 13.2. The van der Waals surface area contributed by atoms with E-state index in [1.165, 1.54) is 0 Å². The first-order chi connectivity index (χ1) is 7.47. The van der Waals surface area contributed by atoms with E-state index in [0.717, 1.165) is 22.1 Å². The highest BCUT2D eigenvalue weighted by Gasteiger charge is 2.12. The number of anilines is 1. The zero-order valence-corrected chi connectivity index (χ0v) is 11.8. The van der Waals surface area contributed by atoms with E-state index in [1.54, 1.807) is 6.92 Å². The van der Waals surface area contributed by atoms with Gasteiger partial charge in [-0.3, -0.25) is 4.79 Å². The molecule has 0 N–H and O–H groups in total. The lowest BCUT2D eigenvalue weighted by atomic mass is 10.1. The summed E-state index contributed by atoms with van der Waals surface area (Å²) >= 11 is 3.52. The Balaban J connectivity index is 3.03. The first-order valence-corrected chi connectivity index (χ1v) is 6.30. The van der Waals surface area contributed by atoms with Crippen molar-refractivity contribution >= 4 is 27.4 Å². The molecular weight excluding hydrogens is 266 g/mol. The fourth-order valence-corrected chi connectivity index (χ4v) is 2.18. The molecule has 1 aromatic carbocycles. The van der Waals surface area contributed by atoms with Crippen LogP contribution in [0.1, 0.15) is 37.6 Å². The molecule has 0 saturated carbocycles. The summed E-state index contributed by atoms with van der Waals surface area (Å²) in [5.41, 5.74) is 1.87. The summed E-state index contributed by atoms with van der Waals surface area (Å²) in [6.07, 6.45) is 1.09. The molecule has 1 rings (SSSR count). The third-order valence-corrected chi connectivity index (χ3v) is 3.62. The number of benzene rings is 1. The van der Waals surface area contributed by atoms with Crippen LogP contribution in [0.5, 0.6) is 0 Å². The molecule has 0 aromatic heterocycles. The highest BCUT2D eigenvalue weighted by molar-refractivity contribution is 9.10. The van der Waals surface area contributed by atoms with Gasteiger partial charge in [-0.25, -0.2) is 0 Å². The van der Waals surface area contributed by atoms with Gasteiger partial charge in [-0.1, -0.05) is 6.92 Å². The summed E-state index contributed by atoms with van der Waals surface area (Å²) in [6.45, 7) is 5.93. The van der Waals surface area contributed by atoms with Crippen molar-refractivity contribution in [2.75, 3.05) is 11.9 Å². The zero-order valence-electron chi connectivity index (χ0n) is 10.2. The van der Waals surface area contributed by atoms with E-state index in [2.05, 4.69) is 41.7 Å².